The van der Waals surface area contributed by atoms with E-state index in [0.29, 0.717) is 36.7 Å². The number of nitrogens with zero attached hydrogens (tertiary/aromatic N) is 3. The maximum atomic E-state index is 11.9. The van der Waals surface area contributed by atoms with Crippen LogP contribution in [-0.4, -0.2) is 21.0 Å². The number of benzene rings is 1. The average Bonchev–Trinajstić information content (AvgIpc) is 3.05. The predicted octanol–water partition coefficient (Wildman–Crippen LogP) is 3.40. The van der Waals surface area contributed by atoms with Crippen molar-refractivity contribution in [2.45, 2.75) is 26.2 Å². The molecular formula is C18H18N4O2. The molecule has 6 heteroatoms. The zero-order valence-electron chi connectivity index (χ0n) is 13.4. The molecule has 0 saturated carbocycles. The van der Waals surface area contributed by atoms with Crippen molar-refractivity contribution >= 4 is 11.6 Å². The van der Waals surface area contributed by atoms with Gasteiger partial charge in [0.1, 0.15) is 0 Å². The molecule has 6 nitrogen and oxygen atoms in total. The zero-order valence-corrected chi connectivity index (χ0v) is 13.4. The van der Waals surface area contributed by atoms with E-state index < -0.39 is 0 Å². The highest BCUT2D eigenvalue weighted by atomic mass is 16.5. The second-order valence-electron chi connectivity index (χ2n) is 5.52. The lowest BCUT2D eigenvalue weighted by molar-refractivity contribution is -0.116. The number of aryl methyl sites for hydroxylation is 2. The summed E-state index contributed by atoms with van der Waals surface area (Å²) in [5.74, 6) is 1.07. The van der Waals surface area contributed by atoms with Gasteiger partial charge >= 0.3 is 0 Å². The minimum absolute atomic E-state index is 0.0542. The van der Waals surface area contributed by atoms with E-state index in [1.807, 2.05) is 31.2 Å². The minimum Gasteiger partial charge on any atom is -0.339 e. The molecule has 0 unspecified atom stereocenters. The highest BCUT2D eigenvalue weighted by Crippen LogP contribution is 2.17. The number of hydrogen-bond acceptors (Lipinski definition) is 5. The van der Waals surface area contributed by atoms with Crippen molar-refractivity contribution in [2.75, 3.05) is 5.32 Å². The third-order valence-corrected chi connectivity index (χ3v) is 3.48. The topological polar surface area (TPSA) is 80.9 Å². The lowest BCUT2D eigenvalue weighted by Crippen LogP contribution is -2.11. The third-order valence-electron chi connectivity index (χ3n) is 3.48. The molecule has 1 amide bonds. The Hall–Kier alpha value is -3.02. The van der Waals surface area contributed by atoms with Crippen LogP contribution in [0.1, 0.15) is 24.3 Å². The summed E-state index contributed by atoms with van der Waals surface area (Å²) in [6.07, 6.45) is 4.87. The average molecular weight is 322 g/mol. The standard InChI is InChI=1S/C18H18N4O2/c1-13-5-2-6-14(11-13)18-21-17(24-22-18)9-3-8-16(23)20-15-7-4-10-19-12-15/h2,4-7,10-12H,3,8-9H2,1H3,(H,20,23). The lowest BCUT2D eigenvalue weighted by Gasteiger charge is -2.03. The Kier molecular flexibility index (Phi) is 4.96. The van der Waals surface area contributed by atoms with Crippen LogP contribution in [0.2, 0.25) is 0 Å². The molecule has 1 aromatic carbocycles. The number of amides is 1. The maximum Gasteiger partial charge on any atom is 0.226 e. The Morgan fingerprint density at radius 3 is 2.96 bits per heavy atom. The Morgan fingerprint density at radius 2 is 2.17 bits per heavy atom. The molecule has 0 aliphatic carbocycles. The van der Waals surface area contributed by atoms with Gasteiger partial charge in [-0.25, -0.2) is 0 Å². The predicted molar refractivity (Wildman–Crippen MR) is 90.3 cm³/mol. The van der Waals surface area contributed by atoms with Gasteiger partial charge in [0.25, 0.3) is 0 Å². The van der Waals surface area contributed by atoms with Crippen LogP contribution < -0.4 is 5.32 Å². The normalized spacial score (nSPS) is 10.5. The quantitative estimate of drug-likeness (QED) is 0.752. The number of nitrogens with one attached hydrogen (secondary N) is 1. The molecule has 0 saturated heterocycles. The van der Waals surface area contributed by atoms with Crippen LogP contribution in [0, 0.1) is 6.92 Å². The fourth-order valence-electron chi connectivity index (χ4n) is 2.32. The number of carbonyl (C=O) groups excluding carboxylic acids is 1. The van der Waals surface area contributed by atoms with Gasteiger partial charge in [0, 0.05) is 24.6 Å². The van der Waals surface area contributed by atoms with Crippen molar-refractivity contribution < 1.29 is 9.32 Å². The van der Waals surface area contributed by atoms with Crippen LogP contribution in [0.3, 0.4) is 0 Å². The first kappa shape index (κ1) is 15.9. The Bertz CT molecular complexity index is 815. The highest BCUT2D eigenvalue weighted by molar-refractivity contribution is 5.90. The van der Waals surface area contributed by atoms with Gasteiger partial charge in [-0.05, 0) is 31.5 Å². The fourth-order valence-corrected chi connectivity index (χ4v) is 2.32. The van der Waals surface area contributed by atoms with E-state index in [1.54, 1.807) is 24.5 Å². The first-order chi connectivity index (χ1) is 11.7. The largest absolute Gasteiger partial charge is 0.339 e. The van der Waals surface area contributed by atoms with Crippen molar-refractivity contribution in [2.24, 2.45) is 0 Å². The molecule has 1 N–H and O–H groups in total. The Morgan fingerprint density at radius 1 is 1.25 bits per heavy atom. The number of hydrogen-bond donors (Lipinski definition) is 1. The lowest BCUT2D eigenvalue weighted by atomic mass is 10.1. The highest BCUT2D eigenvalue weighted by Gasteiger charge is 2.10. The van der Waals surface area contributed by atoms with Crippen LogP contribution in [0.25, 0.3) is 11.4 Å². The van der Waals surface area contributed by atoms with Crippen LogP contribution >= 0.6 is 0 Å². The van der Waals surface area contributed by atoms with E-state index in [9.17, 15) is 4.79 Å². The van der Waals surface area contributed by atoms with Crippen molar-refractivity contribution in [1.82, 2.24) is 15.1 Å². The Balaban J connectivity index is 1.50. The molecule has 0 bridgehead atoms. The summed E-state index contributed by atoms with van der Waals surface area (Å²) >= 11 is 0. The Labute approximate surface area is 139 Å². The van der Waals surface area contributed by atoms with Gasteiger partial charge in [-0.2, -0.15) is 4.98 Å². The second kappa shape index (κ2) is 7.50. The van der Waals surface area contributed by atoms with Gasteiger partial charge in [0.05, 0.1) is 11.9 Å². The molecule has 0 atom stereocenters. The fraction of sp³-hybridized carbons (Fsp3) is 0.222. The first-order valence-corrected chi connectivity index (χ1v) is 7.80. The summed E-state index contributed by atoms with van der Waals surface area (Å²) < 4.78 is 5.26. The van der Waals surface area contributed by atoms with Gasteiger partial charge in [-0.3, -0.25) is 9.78 Å². The van der Waals surface area contributed by atoms with Gasteiger partial charge in [-0.15, -0.1) is 0 Å². The van der Waals surface area contributed by atoms with Gasteiger partial charge in [0.2, 0.25) is 17.6 Å². The molecular weight excluding hydrogens is 304 g/mol. The minimum atomic E-state index is -0.0542. The SMILES string of the molecule is Cc1cccc(-c2noc(CCCC(=O)Nc3cccnc3)n2)c1. The smallest absolute Gasteiger partial charge is 0.226 e. The molecule has 0 spiro atoms. The van der Waals surface area contributed by atoms with Gasteiger partial charge in [-0.1, -0.05) is 28.9 Å². The molecule has 3 aromatic rings. The number of rotatable bonds is 6. The number of pyridine rings is 1. The summed E-state index contributed by atoms with van der Waals surface area (Å²) in [6, 6.07) is 11.5. The van der Waals surface area contributed by atoms with Crippen LogP contribution in [0.5, 0.6) is 0 Å². The van der Waals surface area contributed by atoms with Crippen molar-refractivity contribution in [3.05, 3.63) is 60.2 Å². The van der Waals surface area contributed by atoms with Crippen LogP contribution in [0.15, 0.2) is 53.3 Å². The summed E-state index contributed by atoms with van der Waals surface area (Å²) in [5.41, 5.74) is 2.77. The maximum absolute atomic E-state index is 11.9. The monoisotopic (exact) mass is 322 g/mol. The molecule has 0 radical (unpaired) electrons. The summed E-state index contributed by atoms with van der Waals surface area (Å²) in [5, 5.41) is 6.80. The summed E-state index contributed by atoms with van der Waals surface area (Å²) in [7, 11) is 0. The van der Waals surface area contributed by atoms with Crippen LogP contribution in [0.4, 0.5) is 5.69 Å². The molecule has 122 valence electrons. The first-order valence-electron chi connectivity index (χ1n) is 7.80. The molecule has 24 heavy (non-hydrogen) atoms. The molecule has 0 fully saturated rings. The van der Waals surface area contributed by atoms with Crippen molar-refractivity contribution in [3.8, 4) is 11.4 Å². The van der Waals surface area contributed by atoms with E-state index in [4.69, 9.17) is 4.52 Å². The van der Waals surface area contributed by atoms with E-state index in [1.165, 1.54) is 0 Å². The third kappa shape index (κ3) is 4.25. The summed E-state index contributed by atoms with van der Waals surface area (Å²) in [4.78, 5) is 20.2. The second-order valence-corrected chi connectivity index (χ2v) is 5.52. The summed E-state index contributed by atoms with van der Waals surface area (Å²) in [6.45, 7) is 2.02. The van der Waals surface area contributed by atoms with Gasteiger partial charge in [0.15, 0.2) is 0 Å². The van der Waals surface area contributed by atoms with E-state index >= 15 is 0 Å². The van der Waals surface area contributed by atoms with Crippen molar-refractivity contribution in [1.29, 1.82) is 0 Å². The number of anilines is 1. The van der Waals surface area contributed by atoms with E-state index in [2.05, 4.69) is 20.4 Å². The van der Waals surface area contributed by atoms with Crippen molar-refractivity contribution in [3.63, 3.8) is 0 Å². The molecule has 2 aromatic heterocycles. The van der Waals surface area contributed by atoms with E-state index in [-0.39, 0.29) is 5.91 Å². The number of aromatic nitrogens is 3. The molecule has 0 aliphatic rings. The number of carbonyl (C=O) groups is 1. The zero-order chi connectivity index (χ0) is 16.8. The van der Waals surface area contributed by atoms with Crippen LogP contribution in [-0.2, 0) is 11.2 Å². The molecule has 3 rings (SSSR count). The van der Waals surface area contributed by atoms with E-state index in [0.717, 1.165) is 11.1 Å². The van der Waals surface area contributed by atoms with Gasteiger partial charge < -0.3 is 9.84 Å². The molecule has 2 heterocycles. The molecule has 0 aliphatic heterocycles.